The van der Waals surface area contributed by atoms with Crippen molar-refractivity contribution in [3.05, 3.63) is 35.4 Å². The van der Waals surface area contributed by atoms with E-state index in [-0.39, 0.29) is 24.5 Å². The van der Waals surface area contributed by atoms with Crippen LogP contribution in [-0.4, -0.2) is 29.6 Å². The van der Waals surface area contributed by atoms with Crippen molar-refractivity contribution in [2.24, 2.45) is 0 Å². The summed E-state index contributed by atoms with van der Waals surface area (Å²) in [7, 11) is 0. The Morgan fingerprint density at radius 2 is 1.89 bits per heavy atom. The zero-order valence-corrected chi connectivity index (χ0v) is 10.6. The fraction of sp³-hybridized carbons (Fsp3) is 0.385. The molecule has 0 fully saturated rings. The number of nitrogens with one attached hydrogen (secondary N) is 2. The summed E-state index contributed by atoms with van der Waals surface area (Å²) in [6, 6.07) is 6.69. The van der Waals surface area contributed by atoms with Crippen LogP contribution in [-0.2, 0) is 11.3 Å². The van der Waals surface area contributed by atoms with Gasteiger partial charge in [-0.15, -0.1) is 0 Å². The van der Waals surface area contributed by atoms with E-state index in [0.29, 0.717) is 12.1 Å². The highest BCUT2D eigenvalue weighted by Gasteiger charge is 2.08. The first kappa shape index (κ1) is 14.2. The van der Waals surface area contributed by atoms with Gasteiger partial charge in [-0.1, -0.05) is 12.1 Å². The molecule has 1 rings (SSSR count). The Bertz CT molecular complexity index is 415. The Morgan fingerprint density at radius 1 is 1.28 bits per heavy atom. The molecule has 0 saturated heterocycles. The topological polar surface area (TPSA) is 78.4 Å². The van der Waals surface area contributed by atoms with Gasteiger partial charge in [0, 0.05) is 25.1 Å². The molecule has 5 heteroatoms. The molecule has 0 aliphatic heterocycles. The molecule has 0 aliphatic carbocycles. The van der Waals surface area contributed by atoms with Gasteiger partial charge in [0.2, 0.25) is 5.91 Å². The molecule has 0 heterocycles. The summed E-state index contributed by atoms with van der Waals surface area (Å²) in [5.41, 5.74) is 1.46. The van der Waals surface area contributed by atoms with E-state index in [1.54, 1.807) is 31.2 Å². The van der Waals surface area contributed by atoms with Crippen molar-refractivity contribution < 1.29 is 14.7 Å². The van der Waals surface area contributed by atoms with Crippen molar-refractivity contribution in [3.63, 3.8) is 0 Å². The predicted octanol–water partition coefficient (Wildman–Crippen LogP) is 0.433. The summed E-state index contributed by atoms with van der Waals surface area (Å²) in [6.45, 7) is 3.54. The van der Waals surface area contributed by atoms with Crippen LogP contribution in [0, 0.1) is 0 Å². The van der Waals surface area contributed by atoms with Crippen LogP contribution < -0.4 is 10.6 Å². The minimum atomic E-state index is -0.267. The van der Waals surface area contributed by atoms with E-state index >= 15 is 0 Å². The normalized spacial score (nSPS) is 11.7. The lowest BCUT2D eigenvalue weighted by atomic mass is 10.1. The van der Waals surface area contributed by atoms with Crippen LogP contribution in [0.4, 0.5) is 0 Å². The second kappa shape index (κ2) is 6.76. The fourth-order valence-corrected chi connectivity index (χ4v) is 1.35. The van der Waals surface area contributed by atoms with Crippen LogP contribution >= 0.6 is 0 Å². The lowest BCUT2D eigenvalue weighted by molar-refractivity contribution is -0.119. The van der Waals surface area contributed by atoms with E-state index in [1.165, 1.54) is 6.92 Å². The lowest BCUT2D eigenvalue weighted by Gasteiger charge is -2.11. The van der Waals surface area contributed by atoms with Crippen molar-refractivity contribution >= 4 is 11.8 Å². The third-order valence-corrected chi connectivity index (χ3v) is 2.41. The maximum absolute atomic E-state index is 11.7. The number of amides is 2. The Balaban J connectivity index is 2.59. The van der Waals surface area contributed by atoms with Gasteiger partial charge in [0.15, 0.2) is 0 Å². The third-order valence-electron chi connectivity index (χ3n) is 2.41. The number of carbonyl (C=O) groups excluding carboxylic acids is 2. The quantitative estimate of drug-likeness (QED) is 0.709. The van der Waals surface area contributed by atoms with Gasteiger partial charge in [0.05, 0.1) is 6.61 Å². The zero-order valence-electron chi connectivity index (χ0n) is 10.6. The number of benzene rings is 1. The Hall–Kier alpha value is -1.88. The highest BCUT2D eigenvalue weighted by atomic mass is 16.3. The Labute approximate surface area is 106 Å². The fourth-order valence-electron chi connectivity index (χ4n) is 1.35. The smallest absolute Gasteiger partial charge is 0.251 e. The van der Waals surface area contributed by atoms with Crippen LogP contribution in [0.3, 0.4) is 0 Å². The van der Waals surface area contributed by atoms with Gasteiger partial charge in [0.25, 0.3) is 5.91 Å². The lowest BCUT2D eigenvalue weighted by Crippen LogP contribution is -2.34. The summed E-state index contributed by atoms with van der Waals surface area (Å²) >= 11 is 0. The van der Waals surface area contributed by atoms with Crippen molar-refractivity contribution in [1.82, 2.24) is 10.6 Å². The number of hydrogen-bond donors (Lipinski definition) is 3. The minimum Gasteiger partial charge on any atom is -0.394 e. The molecule has 3 N–H and O–H groups in total. The summed E-state index contributed by atoms with van der Waals surface area (Å²) in [6.07, 6.45) is 0. The maximum Gasteiger partial charge on any atom is 0.251 e. The monoisotopic (exact) mass is 250 g/mol. The first-order chi connectivity index (χ1) is 8.52. The standard InChI is InChI=1S/C13H18N2O3/c1-9(8-16)15-13(18)12-5-3-11(4-6-12)7-14-10(2)17/h3-6,9,16H,7-8H2,1-2H3,(H,14,17)(H,15,18)/t9-/m0/s1. The van der Waals surface area contributed by atoms with Crippen molar-refractivity contribution in [2.75, 3.05) is 6.61 Å². The van der Waals surface area contributed by atoms with E-state index in [2.05, 4.69) is 10.6 Å². The van der Waals surface area contributed by atoms with Gasteiger partial charge in [-0.2, -0.15) is 0 Å². The third kappa shape index (κ3) is 4.55. The second-order valence-corrected chi connectivity index (χ2v) is 4.16. The molecule has 18 heavy (non-hydrogen) atoms. The van der Waals surface area contributed by atoms with E-state index in [9.17, 15) is 9.59 Å². The molecule has 0 unspecified atom stereocenters. The van der Waals surface area contributed by atoms with Gasteiger partial charge >= 0.3 is 0 Å². The van der Waals surface area contributed by atoms with Crippen molar-refractivity contribution in [1.29, 1.82) is 0 Å². The zero-order chi connectivity index (χ0) is 13.5. The molecule has 0 aromatic heterocycles. The molecule has 98 valence electrons. The van der Waals surface area contributed by atoms with Crippen LogP contribution in [0.1, 0.15) is 29.8 Å². The largest absolute Gasteiger partial charge is 0.394 e. The molecule has 0 bridgehead atoms. The molecule has 5 nitrogen and oxygen atoms in total. The van der Waals surface area contributed by atoms with Gasteiger partial charge < -0.3 is 15.7 Å². The molecule has 0 aliphatic rings. The van der Waals surface area contributed by atoms with Crippen molar-refractivity contribution in [2.45, 2.75) is 26.4 Å². The molecule has 0 radical (unpaired) electrons. The number of carbonyl (C=O) groups is 2. The predicted molar refractivity (Wildman–Crippen MR) is 68.0 cm³/mol. The van der Waals surface area contributed by atoms with Gasteiger partial charge in [-0.05, 0) is 24.6 Å². The average Bonchev–Trinajstić information content (AvgIpc) is 2.36. The van der Waals surface area contributed by atoms with E-state index in [1.807, 2.05) is 0 Å². The average molecular weight is 250 g/mol. The van der Waals surface area contributed by atoms with E-state index < -0.39 is 0 Å². The van der Waals surface area contributed by atoms with Crippen LogP contribution in [0.25, 0.3) is 0 Å². The maximum atomic E-state index is 11.7. The molecule has 1 aromatic rings. The second-order valence-electron chi connectivity index (χ2n) is 4.16. The van der Waals surface area contributed by atoms with Crippen LogP contribution in [0.15, 0.2) is 24.3 Å². The SMILES string of the molecule is CC(=O)NCc1ccc(C(=O)N[C@@H](C)CO)cc1. The molecule has 2 amide bonds. The van der Waals surface area contributed by atoms with Gasteiger partial charge in [-0.25, -0.2) is 0 Å². The summed E-state index contributed by atoms with van der Waals surface area (Å²) in [5, 5.41) is 14.2. The highest BCUT2D eigenvalue weighted by Crippen LogP contribution is 2.04. The molecule has 0 spiro atoms. The molecule has 1 aromatic carbocycles. The number of aliphatic hydroxyl groups is 1. The minimum absolute atomic E-state index is 0.0893. The van der Waals surface area contributed by atoms with Crippen molar-refractivity contribution in [3.8, 4) is 0 Å². The van der Waals surface area contributed by atoms with E-state index in [4.69, 9.17) is 5.11 Å². The number of hydrogen-bond acceptors (Lipinski definition) is 3. The van der Waals surface area contributed by atoms with Crippen LogP contribution in [0.5, 0.6) is 0 Å². The Kier molecular flexibility index (Phi) is 5.32. The first-order valence-corrected chi connectivity index (χ1v) is 5.78. The highest BCUT2D eigenvalue weighted by molar-refractivity contribution is 5.94. The van der Waals surface area contributed by atoms with Gasteiger partial charge in [0.1, 0.15) is 0 Å². The molecular formula is C13H18N2O3. The molecular weight excluding hydrogens is 232 g/mol. The van der Waals surface area contributed by atoms with Crippen LogP contribution in [0.2, 0.25) is 0 Å². The Morgan fingerprint density at radius 3 is 2.39 bits per heavy atom. The van der Waals surface area contributed by atoms with E-state index in [0.717, 1.165) is 5.56 Å². The number of aliphatic hydroxyl groups excluding tert-OH is 1. The summed E-state index contributed by atoms with van der Waals surface area (Å²) in [5.74, 6) is -0.309. The number of rotatable bonds is 5. The van der Waals surface area contributed by atoms with Gasteiger partial charge in [-0.3, -0.25) is 9.59 Å². The molecule has 1 atom stereocenters. The molecule has 0 saturated carbocycles. The summed E-state index contributed by atoms with van der Waals surface area (Å²) in [4.78, 5) is 22.4. The first-order valence-electron chi connectivity index (χ1n) is 5.78. The summed E-state index contributed by atoms with van der Waals surface area (Å²) < 4.78 is 0.